The van der Waals surface area contributed by atoms with Crippen LogP contribution in [0.2, 0.25) is 10.0 Å². The molecule has 0 atom stereocenters. The number of aromatic nitrogens is 2. The summed E-state index contributed by atoms with van der Waals surface area (Å²) in [7, 11) is 0. The summed E-state index contributed by atoms with van der Waals surface area (Å²) in [5, 5.41) is 9.15. The Morgan fingerprint density at radius 1 is 1.24 bits per heavy atom. The molecular weight excluding hydrogens is 359 g/mol. The summed E-state index contributed by atoms with van der Waals surface area (Å²) in [5.74, 6) is 0.924. The van der Waals surface area contributed by atoms with Crippen LogP contribution in [-0.2, 0) is 0 Å². The smallest absolute Gasteiger partial charge is 0.154 e. The predicted octanol–water partition coefficient (Wildman–Crippen LogP) is 3.10. The lowest BCUT2D eigenvalue weighted by Gasteiger charge is -2.37. The highest BCUT2D eigenvalue weighted by Crippen LogP contribution is 2.26. The van der Waals surface area contributed by atoms with E-state index < -0.39 is 0 Å². The van der Waals surface area contributed by atoms with E-state index in [2.05, 4.69) is 21.8 Å². The first-order chi connectivity index (χ1) is 11.8. The number of nitrogens with zero attached hydrogens (tertiary/aromatic N) is 3. The fraction of sp³-hybridized carbons (Fsp3) is 0.353. The van der Waals surface area contributed by atoms with Gasteiger partial charge < -0.3 is 16.4 Å². The molecule has 0 radical (unpaired) electrons. The summed E-state index contributed by atoms with van der Waals surface area (Å²) in [6.45, 7) is 3.68. The number of nitrogens with one attached hydrogen (secondary N) is 1. The molecule has 0 saturated carbocycles. The van der Waals surface area contributed by atoms with Crippen LogP contribution in [0.4, 0.5) is 11.6 Å². The van der Waals surface area contributed by atoms with Crippen molar-refractivity contribution < 1.29 is 0 Å². The lowest BCUT2D eigenvalue weighted by Crippen LogP contribution is -2.48. The molecule has 6 nitrogen and oxygen atoms in total. The van der Waals surface area contributed by atoms with E-state index in [0.717, 1.165) is 25.9 Å². The van der Waals surface area contributed by atoms with Crippen molar-refractivity contribution in [1.29, 1.82) is 5.41 Å². The molecule has 1 saturated heterocycles. The molecule has 1 aromatic carbocycles. The van der Waals surface area contributed by atoms with Crippen molar-refractivity contribution in [3.63, 3.8) is 0 Å². The Balaban J connectivity index is 1.82. The minimum atomic E-state index is -0.134. The lowest BCUT2D eigenvalue weighted by molar-refractivity contribution is 0.363. The number of nitrogen functional groups attached to an aromatic ring is 1. The van der Waals surface area contributed by atoms with Gasteiger partial charge in [-0.3, -0.25) is 5.41 Å². The predicted molar refractivity (Wildman–Crippen MR) is 103 cm³/mol. The quantitative estimate of drug-likeness (QED) is 0.711. The van der Waals surface area contributed by atoms with Crippen molar-refractivity contribution >= 4 is 40.5 Å². The number of hydrogen-bond donors (Lipinski definition) is 3. The number of hydrogen-bond acceptors (Lipinski definition) is 6. The summed E-state index contributed by atoms with van der Waals surface area (Å²) < 4.78 is 0. The molecule has 132 valence electrons. The molecule has 1 aliphatic heterocycles. The molecule has 8 heteroatoms. The van der Waals surface area contributed by atoms with Crippen molar-refractivity contribution in [2.24, 2.45) is 5.73 Å². The standard InChI is InChI=1S/C17H20Cl2N6/c1-17(22)4-6-25(7-5-17)13-9-23-15(16(21)24-13)14(20)10-2-3-11(18)12(19)8-10/h2-3,8-9,20H,4-7,22H2,1H3,(H2,21,24). The Bertz CT molecular complexity index is 811. The average molecular weight is 379 g/mol. The van der Waals surface area contributed by atoms with Crippen LogP contribution in [0.25, 0.3) is 0 Å². The first-order valence-corrected chi connectivity index (χ1v) is 8.73. The minimum Gasteiger partial charge on any atom is -0.382 e. The van der Waals surface area contributed by atoms with Gasteiger partial charge in [-0.05, 0) is 31.9 Å². The molecule has 5 N–H and O–H groups in total. The summed E-state index contributed by atoms with van der Waals surface area (Å²) in [4.78, 5) is 10.9. The normalized spacial score (nSPS) is 16.7. The second-order valence-corrected chi connectivity index (χ2v) is 7.42. The minimum absolute atomic E-state index is 0.134. The molecule has 0 bridgehead atoms. The van der Waals surface area contributed by atoms with Gasteiger partial charge in [0, 0.05) is 24.2 Å². The van der Waals surface area contributed by atoms with E-state index in [9.17, 15) is 0 Å². The molecule has 1 aliphatic rings. The van der Waals surface area contributed by atoms with E-state index in [1.54, 1.807) is 24.4 Å². The van der Waals surface area contributed by atoms with Gasteiger partial charge in [0.2, 0.25) is 0 Å². The first kappa shape index (κ1) is 17.9. The van der Waals surface area contributed by atoms with E-state index in [1.165, 1.54) is 0 Å². The molecule has 2 heterocycles. The number of nitrogens with two attached hydrogens (primary N) is 2. The third-order valence-corrected chi connectivity index (χ3v) is 5.20. The van der Waals surface area contributed by atoms with Gasteiger partial charge in [0.1, 0.15) is 11.5 Å². The Morgan fingerprint density at radius 3 is 2.52 bits per heavy atom. The third kappa shape index (κ3) is 3.86. The maximum absolute atomic E-state index is 8.33. The number of rotatable bonds is 3. The molecular formula is C17H20Cl2N6. The van der Waals surface area contributed by atoms with E-state index >= 15 is 0 Å². The molecule has 3 rings (SSSR count). The van der Waals surface area contributed by atoms with Gasteiger partial charge in [-0.1, -0.05) is 29.3 Å². The summed E-state index contributed by atoms with van der Waals surface area (Å²) in [5.41, 5.74) is 13.2. The third-order valence-electron chi connectivity index (χ3n) is 4.46. The molecule has 0 aliphatic carbocycles. The maximum Gasteiger partial charge on any atom is 0.154 e. The maximum atomic E-state index is 8.33. The molecule has 0 amide bonds. The number of anilines is 2. The van der Waals surface area contributed by atoms with Gasteiger partial charge in [-0.25, -0.2) is 9.97 Å². The van der Waals surface area contributed by atoms with Crippen molar-refractivity contribution in [3.8, 4) is 0 Å². The monoisotopic (exact) mass is 378 g/mol. The van der Waals surface area contributed by atoms with Gasteiger partial charge in [0.05, 0.1) is 22.0 Å². The fourth-order valence-corrected chi connectivity index (χ4v) is 3.07. The van der Waals surface area contributed by atoms with Crippen molar-refractivity contribution in [2.75, 3.05) is 23.7 Å². The Hall–Kier alpha value is -1.89. The summed E-state index contributed by atoms with van der Waals surface area (Å²) >= 11 is 11.9. The highest BCUT2D eigenvalue weighted by Gasteiger charge is 2.27. The van der Waals surface area contributed by atoms with Crippen molar-refractivity contribution in [1.82, 2.24) is 9.97 Å². The van der Waals surface area contributed by atoms with Crippen LogP contribution in [0.1, 0.15) is 31.0 Å². The first-order valence-electron chi connectivity index (χ1n) is 7.97. The van der Waals surface area contributed by atoms with Crippen LogP contribution >= 0.6 is 23.2 Å². The Labute approximate surface area is 156 Å². The zero-order valence-electron chi connectivity index (χ0n) is 13.9. The van der Waals surface area contributed by atoms with Gasteiger partial charge >= 0.3 is 0 Å². The molecule has 0 unspecified atom stereocenters. The zero-order chi connectivity index (χ0) is 18.2. The second-order valence-electron chi connectivity index (χ2n) is 6.61. The van der Waals surface area contributed by atoms with Crippen LogP contribution < -0.4 is 16.4 Å². The second kappa shape index (κ2) is 6.78. The van der Waals surface area contributed by atoms with Gasteiger partial charge in [0.15, 0.2) is 5.82 Å². The van der Waals surface area contributed by atoms with E-state index in [-0.39, 0.29) is 17.1 Å². The highest BCUT2D eigenvalue weighted by atomic mass is 35.5. The number of benzene rings is 1. The number of piperidine rings is 1. The SMILES string of the molecule is CC1(N)CCN(c2cnc(C(=N)c3ccc(Cl)c(Cl)c3)c(N)n2)CC1. The number of halogens is 2. The van der Waals surface area contributed by atoms with Crippen LogP contribution in [0.3, 0.4) is 0 Å². The Kier molecular flexibility index (Phi) is 4.86. The van der Waals surface area contributed by atoms with Crippen LogP contribution in [-0.4, -0.2) is 34.3 Å². The van der Waals surface area contributed by atoms with Crippen LogP contribution in [0, 0.1) is 5.41 Å². The van der Waals surface area contributed by atoms with Gasteiger partial charge in [-0.2, -0.15) is 0 Å². The van der Waals surface area contributed by atoms with E-state index in [4.69, 9.17) is 40.1 Å². The molecule has 1 fully saturated rings. The highest BCUT2D eigenvalue weighted by molar-refractivity contribution is 6.42. The topological polar surface area (TPSA) is 105 Å². The largest absolute Gasteiger partial charge is 0.382 e. The summed E-state index contributed by atoms with van der Waals surface area (Å²) in [6.07, 6.45) is 3.42. The van der Waals surface area contributed by atoms with E-state index in [0.29, 0.717) is 27.1 Å². The van der Waals surface area contributed by atoms with Gasteiger partial charge in [0.25, 0.3) is 0 Å². The van der Waals surface area contributed by atoms with Crippen LogP contribution in [0.5, 0.6) is 0 Å². The Morgan fingerprint density at radius 2 is 1.92 bits per heavy atom. The molecule has 0 spiro atoms. The fourth-order valence-electron chi connectivity index (χ4n) is 2.77. The van der Waals surface area contributed by atoms with E-state index in [1.807, 2.05) is 0 Å². The van der Waals surface area contributed by atoms with Crippen molar-refractivity contribution in [3.05, 3.63) is 45.7 Å². The van der Waals surface area contributed by atoms with Crippen LogP contribution in [0.15, 0.2) is 24.4 Å². The zero-order valence-corrected chi connectivity index (χ0v) is 15.4. The molecule has 1 aromatic heterocycles. The average Bonchev–Trinajstić information content (AvgIpc) is 2.56. The molecule has 25 heavy (non-hydrogen) atoms. The lowest BCUT2D eigenvalue weighted by atomic mass is 9.91. The summed E-state index contributed by atoms with van der Waals surface area (Å²) in [6, 6.07) is 4.97. The van der Waals surface area contributed by atoms with Gasteiger partial charge in [-0.15, -0.1) is 0 Å². The van der Waals surface area contributed by atoms with Crippen molar-refractivity contribution in [2.45, 2.75) is 25.3 Å². The molecule has 2 aromatic rings.